The Balaban J connectivity index is 1.35. The maximum Gasteiger partial charge on any atom is 0.407 e. The monoisotopic (exact) mass is 464 g/mol. The summed E-state index contributed by atoms with van der Waals surface area (Å²) in [6, 6.07) is 15.3. The van der Waals surface area contributed by atoms with E-state index in [9.17, 15) is 19.5 Å². The van der Waals surface area contributed by atoms with E-state index in [0.29, 0.717) is 6.42 Å². The third kappa shape index (κ3) is 5.24. The summed E-state index contributed by atoms with van der Waals surface area (Å²) in [7, 11) is 0. The lowest BCUT2D eigenvalue weighted by molar-refractivity contribution is -0.139. The molecule has 0 radical (unpaired) electrons. The molecule has 0 spiro atoms. The van der Waals surface area contributed by atoms with Crippen LogP contribution in [0.1, 0.15) is 62.5 Å². The molecule has 3 atom stereocenters. The zero-order chi connectivity index (χ0) is 24.1. The molecule has 3 N–H and O–H groups in total. The summed E-state index contributed by atoms with van der Waals surface area (Å²) in [5, 5.41) is 14.9. The minimum absolute atomic E-state index is 0.0432. The van der Waals surface area contributed by atoms with E-state index in [1.54, 1.807) is 0 Å². The average molecular weight is 465 g/mol. The van der Waals surface area contributed by atoms with Gasteiger partial charge >= 0.3 is 12.1 Å². The molecule has 2 aliphatic carbocycles. The van der Waals surface area contributed by atoms with Gasteiger partial charge < -0.3 is 20.5 Å². The fourth-order valence-corrected chi connectivity index (χ4v) is 5.28. The van der Waals surface area contributed by atoms with Crippen LogP contribution in [0.25, 0.3) is 11.1 Å². The van der Waals surface area contributed by atoms with Crippen molar-refractivity contribution in [2.45, 2.75) is 63.5 Å². The molecule has 7 heteroatoms. The predicted octanol–water partition coefficient (Wildman–Crippen LogP) is 4.45. The highest BCUT2D eigenvalue weighted by Crippen LogP contribution is 2.44. The number of hydrogen-bond acceptors (Lipinski definition) is 4. The Morgan fingerprint density at radius 2 is 1.62 bits per heavy atom. The van der Waals surface area contributed by atoms with Crippen LogP contribution >= 0.6 is 0 Å². The van der Waals surface area contributed by atoms with Crippen molar-refractivity contribution >= 4 is 18.0 Å². The normalized spacial score (nSPS) is 20.0. The number of carboxylic acid groups (broad SMARTS) is 1. The van der Waals surface area contributed by atoms with Crippen LogP contribution in [0.15, 0.2) is 48.5 Å². The van der Waals surface area contributed by atoms with Gasteiger partial charge in [-0.1, -0.05) is 68.3 Å². The van der Waals surface area contributed by atoms with Gasteiger partial charge in [-0.15, -0.1) is 0 Å². The number of nitrogens with one attached hydrogen (secondary N) is 2. The van der Waals surface area contributed by atoms with Gasteiger partial charge in [-0.2, -0.15) is 0 Å². The molecule has 0 saturated heterocycles. The summed E-state index contributed by atoms with van der Waals surface area (Å²) in [5.41, 5.74) is 4.56. The van der Waals surface area contributed by atoms with Gasteiger partial charge in [-0.25, -0.2) is 4.79 Å². The molecule has 2 aliphatic rings. The second kappa shape index (κ2) is 10.7. The van der Waals surface area contributed by atoms with Gasteiger partial charge in [0.05, 0.1) is 6.42 Å². The van der Waals surface area contributed by atoms with Crippen molar-refractivity contribution in [3.8, 4) is 11.1 Å². The first kappa shape index (κ1) is 23.8. The zero-order valence-electron chi connectivity index (χ0n) is 19.5. The highest BCUT2D eigenvalue weighted by Gasteiger charge is 2.32. The third-order valence-electron chi connectivity index (χ3n) is 7.03. The first-order valence-electron chi connectivity index (χ1n) is 12.1. The fourth-order valence-electron chi connectivity index (χ4n) is 5.28. The molecule has 2 amide bonds. The van der Waals surface area contributed by atoms with Crippen LogP contribution in [0.5, 0.6) is 0 Å². The maximum atomic E-state index is 12.9. The zero-order valence-corrected chi connectivity index (χ0v) is 19.5. The van der Waals surface area contributed by atoms with Gasteiger partial charge in [0.2, 0.25) is 5.91 Å². The number of rotatable bonds is 8. The summed E-state index contributed by atoms with van der Waals surface area (Å²) in [6.07, 6.45) is 3.29. The Kier molecular flexibility index (Phi) is 7.50. The molecule has 0 unspecified atom stereocenters. The maximum absolute atomic E-state index is 12.9. The molecule has 0 aliphatic heterocycles. The SMILES string of the molecule is CC[C@H](NC(=O)OCC1c2ccccc2-c2ccccc21)C(=O)N[C@H]1CCCC[C@H]1CC(=O)O. The highest BCUT2D eigenvalue weighted by atomic mass is 16.5. The molecule has 180 valence electrons. The molecule has 0 aromatic heterocycles. The number of hydrogen-bond donors (Lipinski definition) is 3. The Hall–Kier alpha value is -3.35. The number of fused-ring (bicyclic) bond motifs is 3. The van der Waals surface area contributed by atoms with Gasteiger partial charge in [0.15, 0.2) is 0 Å². The first-order valence-corrected chi connectivity index (χ1v) is 12.1. The molecular weight excluding hydrogens is 432 g/mol. The van der Waals surface area contributed by atoms with Crippen molar-refractivity contribution in [1.82, 2.24) is 10.6 Å². The molecular formula is C27H32N2O5. The van der Waals surface area contributed by atoms with E-state index in [2.05, 4.69) is 34.9 Å². The lowest BCUT2D eigenvalue weighted by Gasteiger charge is -2.32. The summed E-state index contributed by atoms with van der Waals surface area (Å²) in [4.78, 5) is 36.7. The standard InChI is InChI=1S/C27H32N2O5/c1-2-23(26(32)28-24-14-8-3-9-17(24)15-25(30)31)29-27(33)34-16-22-20-12-6-4-10-18(20)19-11-5-7-13-21(19)22/h4-7,10-13,17,22-24H,2-3,8-9,14-16H2,1H3,(H,28,32)(H,29,33)(H,30,31)/t17-,23-,24-/m0/s1. The molecule has 34 heavy (non-hydrogen) atoms. The van der Waals surface area contributed by atoms with E-state index < -0.39 is 18.1 Å². The van der Waals surface area contributed by atoms with E-state index in [-0.39, 0.29) is 36.8 Å². The second-order valence-corrected chi connectivity index (χ2v) is 9.19. The number of benzene rings is 2. The second-order valence-electron chi connectivity index (χ2n) is 9.19. The van der Waals surface area contributed by atoms with Crippen LogP contribution in [-0.4, -0.2) is 41.8 Å². The van der Waals surface area contributed by atoms with Crippen molar-refractivity contribution < 1.29 is 24.2 Å². The smallest absolute Gasteiger partial charge is 0.407 e. The quantitative estimate of drug-likeness (QED) is 0.535. The first-order chi connectivity index (χ1) is 16.5. The Labute approximate surface area is 199 Å². The minimum Gasteiger partial charge on any atom is -0.481 e. The summed E-state index contributed by atoms with van der Waals surface area (Å²) in [6.45, 7) is 2.00. The lowest BCUT2D eigenvalue weighted by Crippen LogP contribution is -2.52. The van der Waals surface area contributed by atoms with Gasteiger partial charge in [0, 0.05) is 12.0 Å². The van der Waals surface area contributed by atoms with Crippen LogP contribution < -0.4 is 10.6 Å². The number of ether oxygens (including phenoxy) is 1. The van der Waals surface area contributed by atoms with E-state index in [0.717, 1.165) is 47.9 Å². The number of carboxylic acids is 1. The average Bonchev–Trinajstić information content (AvgIpc) is 3.16. The summed E-state index contributed by atoms with van der Waals surface area (Å²) < 4.78 is 5.58. The number of alkyl carbamates (subject to hydrolysis) is 1. The van der Waals surface area contributed by atoms with E-state index in [1.807, 2.05) is 31.2 Å². The molecule has 1 fully saturated rings. The van der Waals surface area contributed by atoms with E-state index in [1.165, 1.54) is 0 Å². The number of carbonyl (C=O) groups is 3. The molecule has 1 saturated carbocycles. The van der Waals surface area contributed by atoms with Gasteiger partial charge in [0.25, 0.3) is 0 Å². The van der Waals surface area contributed by atoms with Crippen LogP contribution in [0.4, 0.5) is 4.79 Å². The van der Waals surface area contributed by atoms with Crippen molar-refractivity contribution in [3.05, 3.63) is 59.7 Å². The van der Waals surface area contributed by atoms with Crippen molar-refractivity contribution in [1.29, 1.82) is 0 Å². The number of carbonyl (C=O) groups excluding carboxylic acids is 2. The molecule has 4 rings (SSSR count). The van der Waals surface area contributed by atoms with Crippen LogP contribution in [0.3, 0.4) is 0 Å². The van der Waals surface area contributed by atoms with Gasteiger partial charge in [0.1, 0.15) is 12.6 Å². The highest BCUT2D eigenvalue weighted by molar-refractivity contribution is 5.86. The van der Waals surface area contributed by atoms with Gasteiger partial charge in [-0.05, 0) is 47.4 Å². The fraction of sp³-hybridized carbons (Fsp3) is 0.444. The third-order valence-corrected chi connectivity index (χ3v) is 7.03. The van der Waals surface area contributed by atoms with Crippen molar-refractivity contribution in [2.75, 3.05) is 6.61 Å². The predicted molar refractivity (Wildman–Crippen MR) is 128 cm³/mol. The van der Waals surface area contributed by atoms with Crippen LogP contribution in [0, 0.1) is 5.92 Å². The van der Waals surface area contributed by atoms with Crippen LogP contribution in [-0.2, 0) is 14.3 Å². The Morgan fingerprint density at radius 3 is 2.24 bits per heavy atom. The summed E-state index contributed by atoms with van der Waals surface area (Å²) in [5.74, 6) is -1.28. The lowest BCUT2D eigenvalue weighted by atomic mass is 9.82. The van der Waals surface area contributed by atoms with Gasteiger partial charge in [-0.3, -0.25) is 9.59 Å². The Bertz CT molecular complexity index is 1010. The number of aliphatic carboxylic acids is 1. The molecule has 0 bridgehead atoms. The van der Waals surface area contributed by atoms with Crippen molar-refractivity contribution in [3.63, 3.8) is 0 Å². The molecule has 2 aromatic rings. The van der Waals surface area contributed by atoms with E-state index >= 15 is 0 Å². The van der Waals surface area contributed by atoms with E-state index in [4.69, 9.17) is 4.74 Å². The molecule has 0 heterocycles. The Morgan fingerprint density at radius 1 is 1.00 bits per heavy atom. The largest absolute Gasteiger partial charge is 0.481 e. The number of amides is 2. The van der Waals surface area contributed by atoms with Crippen LogP contribution in [0.2, 0.25) is 0 Å². The molecule has 2 aromatic carbocycles. The molecule has 7 nitrogen and oxygen atoms in total. The minimum atomic E-state index is -0.852. The topological polar surface area (TPSA) is 105 Å². The van der Waals surface area contributed by atoms with Crippen molar-refractivity contribution in [2.24, 2.45) is 5.92 Å². The summed E-state index contributed by atoms with van der Waals surface area (Å²) >= 11 is 0.